The van der Waals surface area contributed by atoms with E-state index in [4.69, 9.17) is 5.26 Å². The van der Waals surface area contributed by atoms with Crippen LogP contribution in [0.4, 0.5) is 0 Å². The van der Waals surface area contributed by atoms with Gasteiger partial charge in [-0.3, -0.25) is 0 Å². The first kappa shape index (κ1) is 7.71. The summed E-state index contributed by atoms with van der Waals surface area (Å²) in [6.45, 7) is 1.94. The minimum Gasteiger partial charge on any atom is -0.193 e. The highest BCUT2D eigenvalue weighted by atomic mass is 14.2. The van der Waals surface area contributed by atoms with E-state index in [1.54, 1.807) is 6.08 Å². The average molecular weight is 119 g/mol. The van der Waals surface area contributed by atoms with E-state index < -0.39 is 0 Å². The van der Waals surface area contributed by atoms with Crippen molar-refractivity contribution in [3.05, 3.63) is 36.5 Å². The fourth-order valence-electron chi connectivity index (χ4n) is 0.338. The SMILES string of the molecule is C/C=C/C=C/C=C/C#N. The number of hydrogen-bond donors (Lipinski definition) is 0. The smallest absolute Gasteiger partial charge is 0.0912 e. The summed E-state index contributed by atoms with van der Waals surface area (Å²) >= 11 is 0. The summed E-state index contributed by atoms with van der Waals surface area (Å²) < 4.78 is 0. The van der Waals surface area contributed by atoms with E-state index in [2.05, 4.69) is 0 Å². The standard InChI is InChI=1S/C8H9N/c1-2-3-4-5-6-7-8-9/h2-7H,1H3/b3-2+,5-4+,7-6+. The summed E-state index contributed by atoms with van der Waals surface area (Å²) in [4.78, 5) is 0. The van der Waals surface area contributed by atoms with E-state index in [-0.39, 0.29) is 0 Å². The van der Waals surface area contributed by atoms with Crippen LogP contribution in [0, 0.1) is 11.3 Å². The van der Waals surface area contributed by atoms with Gasteiger partial charge in [-0.05, 0) is 6.92 Å². The maximum Gasteiger partial charge on any atom is 0.0912 e. The van der Waals surface area contributed by atoms with Gasteiger partial charge in [0.15, 0.2) is 0 Å². The molecule has 0 unspecified atom stereocenters. The van der Waals surface area contributed by atoms with Gasteiger partial charge in [-0.15, -0.1) is 0 Å². The predicted octanol–water partition coefficient (Wildman–Crippen LogP) is 2.20. The molecule has 0 atom stereocenters. The van der Waals surface area contributed by atoms with Crippen LogP contribution < -0.4 is 0 Å². The Kier molecular flexibility index (Phi) is 5.75. The van der Waals surface area contributed by atoms with Crippen molar-refractivity contribution in [2.75, 3.05) is 0 Å². The molecule has 0 aliphatic rings. The van der Waals surface area contributed by atoms with Gasteiger partial charge < -0.3 is 0 Å². The molecule has 1 heteroatoms. The first-order valence-corrected chi connectivity index (χ1v) is 2.76. The molecule has 1 nitrogen and oxygen atoms in total. The Bertz CT molecular complexity index is 167. The van der Waals surface area contributed by atoms with Crippen molar-refractivity contribution in [1.82, 2.24) is 0 Å². The topological polar surface area (TPSA) is 23.8 Å². The molecule has 0 aliphatic heterocycles. The first-order chi connectivity index (χ1) is 4.41. The molecule has 0 radical (unpaired) electrons. The van der Waals surface area contributed by atoms with Crippen LogP contribution in [0.2, 0.25) is 0 Å². The molecule has 46 valence electrons. The highest BCUT2D eigenvalue weighted by molar-refractivity contribution is 5.15. The van der Waals surface area contributed by atoms with Crippen LogP contribution in [0.3, 0.4) is 0 Å². The summed E-state index contributed by atoms with van der Waals surface area (Å²) in [7, 11) is 0. The molecule has 0 N–H and O–H groups in total. The van der Waals surface area contributed by atoms with E-state index >= 15 is 0 Å². The third-order valence-corrected chi connectivity index (χ3v) is 0.697. The van der Waals surface area contributed by atoms with Crippen molar-refractivity contribution in [3.8, 4) is 6.07 Å². The van der Waals surface area contributed by atoms with Crippen molar-refractivity contribution >= 4 is 0 Å². The van der Waals surface area contributed by atoms with E-state index in [9.17, 15) is 0 Å². The molecule has 0 saturated carbocycles. The summed E-state index contributed by atoms with van der Waals surface area (Å²) in [5.41, 5.74) is 0. The number of hydrogen-bond acceptors (Lipinski definition) is 1. The second kappa shape index (κ2) is 6.71. The quantitative estimate of drug-likeness (QED) is 0.404. The molecule has 0 aliphatic carbocycles. The van der Waals surface area contributed by atoms with Gasteiger partial charge >= 0.3 is 0 Å². The van der Waals surface area contributed by atoms with Gasteiger partial charge in [-0.25, -0.2) is 0 Å². The van der Waals surface area contributed by atoms with Crippen molar-refractivity contribution in [2.45, 2.75) is 6.92 Å². The number of nitriles is 1. The molecule has 0 spiro atoms. The third kappa shape index (κ3) is 6.71. The second-order valence-corrected chi connectivity index (χ2v) is 1.40. The van der Waals surface area contributed by atoms with E-state index in [1.807, 2.05) is 37.3 Å². The molecule has 0 aromatic rings. The lowest BCUT2D eigenvalue weighted by Crippen LogP contribution is -1.48. The van der Waals surface area contributed by atoms with E-state index in [0.29, 0.717) is 0 Å². The fraction of sp³-hybridized carbons (Fsp3) is 0.125. The van der Waals surface area contributed by atoms with Crippen molar-refractivity contribution in [3.63, 3.8) is 0 Å². The lowest BCUT2D eigenvalue weighted by molar-refractivity contribution is 1.53. The van der Waals surface area contributed by atoms with Crippen molar-refractivity contribution < 1.29 is 0 Å². The lowest BCUT2D eigenvalue weighted by Gasteiger charge is -1.67. The molecular weight excluding hydrogens is 110 g/mol. The predicted molar refractivity (Wildman–Crippen MR) is 38.7 cm³/mol. The molecule has 9 heavy (non-hydrogen) atoms. The van der Waals surface area contributed by atoms with Gasteiger partial charge in [-0.2, -0.15) is 5.26 Å². The Morgan fingerprint density at radius 2 is 1.78 bits per heavy atom. The number of rotatable bonds is 2. The normalized spacial score (nSPS) is 11.6. The molecule has 0 heterocycles. The largest absolute Gasteiger partial charge is 0.193 e. The highest BCUT2D eigenvalue weighted by Crippen LogP contribution is 1.77. The Labute approximate surface area is 55.6 Å². The van der Waals surface area contributed by atoms with Crippen molar-refractivity contribution in [1.29, 1.82) is 5.26 Å². The average Bonchev–Trinajstić information content (AvgIpc) is 1.89. The number of nitrogens with zero attached hydrogens (tertiary/aromatic N) is 1. The zero-order chi connectivity index (χ0) is 6.95. The Balaban J connectivity index is 3.50. The molecule has 0 bridgehead atoms. The summed E-state index contributed by atoms with van der Waals surface area (Å²) in [5.74, 6) is 0. The van der Waals surface area contributed by atoms with Crippen LogP contribution in [-0.4, -0.2) is 0 Å². The molecule has 0 saturated heterocycles. The Morgan fingerprint density at radius 3 is 2.33 bits per heavy atom. The van der Waals surface area contributed by atoms with Gasteiger partial charge in [0.05, 0.1) is 6.07 Å². The molecule has 0 fully saturated rings. The summed E-state index contributed by atoms with van der Waals surface area (Å²) in [6.07, 6.45) is 10.6. The van der Waals surface area contributed by atoms with E-state index in [1.165, 1.54) is 6.08 Å². The van der Waals surface area contributed by atoms with Crippen LogP contribution in [0.25, 0.3) is 0 Å². The van der Waals surface area contributed by atoms with Crippen molar-refractivity contribution in [2.24, 2.45) is 0 Å². The first-order valence-electron chi connectivity index (χ1n) is 2.76. The molecular formula is C8H9N. The van der Waals surface area contributed by atoms with Crippen LogP contribution in [0.5, 0.6) is 0 Å². The maximum atomic E-state index is 8.03. The molecule has 0 rings (SSSR count). The van der Waals surface area contributed by atoms with E-state index in [0.717, 1.165) is 0 Å². The second-order valence-electron chi connectivity index (χ2n) is 1.40. The summed E-state index contributed by atoms with van der Waals surface area (Å²) in [6, 6.07) is 1.89. The van der Waals surface area contributed by atoms with Gasteiger partial charge in [-0.1, -0.05) is 30.4 Å². The highest BCUT2D eigenvalue weighted by Gasteiger charge is 1.58. The molecule has 0 aromatic carbocycles. The zero-order valence-corrected chi connectivity index (χ0v) is 5.41. The number of allylic oxidation sites excluding steroid dienone is 6. The van der Waals surface area contributed by atoms with Crippen LogP contribution in [-0.2, 0) is 0 Å². The van der Waals surface area contributed by atoms with Crippen LogP contribution >= 0.6 is 0 Å². The Morgan fingerprint density at radius 1 is 1.11 bits per heavy atom. The third-order valence-electron chi connectivity index (χ3n) is 0.697. The van der Waals surface area contributed by atoms with Gasteiger partial charge in [0.1, 0.15) is 0 Å². The Hall–Kier alpha value is -1.29. The van der Waals surface area contributed by atoms with Crippen LogP contribution in [0.1, 0.15) is 6.92 Å². The fourth-order valence-corrected chi connectivity index (χ4v) is 0.338. The molecule has 0 aromatic heterocycles. The minimum absolute atomic E-state index is 1.43. The van der Waals surface area contributed by atoms with Gasteiger partial charge in [0, 0.05) is 6.08 Å². The maximum absolute atomic E-state index is 8.03. The molecule has 0 amide bonds. The minimum atomic E-state index is 1.43. The zero-order valence-electron chi connectivity index (χ0n) is 5.41. The summed E-state index contributed by atoms with van der Waals surface area (Å²) in [5, 5.41) is 8.03. The van der Waals surface area contributed by atoms with Gasteiger partial charge in [0.2, 0.25) is 0 Å². The monoisotopic (exact) mass is 119 g/mol. The van der Waals surface area contributed by atoms with Crippen LogP contribution in [0.15, 0.2) is 36.5 Å². The lowest BCUT2D eigenvalue weighted by atomic mass is 10.4. The van der Waals surface area contributed by atoms with Gasteiger partial charge in [0.25, 0.3) is 0 Å².